The van der Waals surface area contributed by atoms with Crippen molar-refractivity contribution in [3.63, 3.8) is 0 Å². The summed E-state index contributed by atoms with van der Waals surface area (Å²) in [5.41, 5.74) is 1.16. The molecule has 1 heterocycles. The number of fused-ring (bicyclic) bond motifs is 1. The van der Waals surface area contributed by atoms with E-state index in [0.717, 1.165) is 23.5 Å². The third kappa shape index (κ3) is 2.94. The second kappa shape index (κ2) is 5.76. The Morgan fingerprint density at radius 1 is 1.39 bits per heavy atom. The monoisotopic (exact) mass is 250 g/mol. The molecule has 1 aliphatic heterocycles. The smallest absolute Gasteiger partial charge is 0.305 e. The first-order chi connectivity index (χ1) is 8.70. The second-order valence-corrected chi connectivity index (χ2v) is 4.36. The minimum Gasteiger partial charge on any atom is -0.466 e. The molecule has 98 valence electrons. The maximum atomic E-state index is 11.3. The van der Waals surface area contributed by atoms with Crippen LogP contribution in [0, 0.1) is 0 Å². The lowest BCUT2D eigenvalue weighted by Gasteiger charge is -2.11. The number of hydrogen-bond acceptors (Lipinski definition) is 4. The molecular weight excluding hydrogens is 232 g/mol. The van der Waals surface area contributed by atoms with Gasteiger partial charge in [-0.15, -0.1) is 0 Å². The van der Waals surface area contributed by atoms with Gasteiger partial charge in [0.15, 0.2) is 11.5 Å². The second-order valence-electron chi connectivity index (χ2n) is 4.36. The maximum absolute atomic E-state index is 11.3. The standard InChI is InChI=1S/C14H18O4/c1-3-16-14(15)7-4-10(2)11-5-6-12-13(8-11)18-9-17-12/h5-6,8,10H,3-4,7,9H2,1-2H3/t10-/m0/s1. The van der Waals surface area contributed by atoms with E-state index in [4.69, 9.17) is 14.2 Å². The molecule has 0 fully saturated rings. The highest BCUT2D eigenvalue weighted by atomic mass is 16.7. The lowest BCUT2D eigenvalue weighted by Crippen LogP contribution is -2.05. The van der Waals surface area contributed by atoms with Crippen LogP contribution in [0.15, 0.2) is 18.2 Å². The van der Waals surface area contributed by atoms with E-state index in [9.17, 15) is 4.79 Å². The highest BCUT2D eigenvalue weighted by Crippen LogP contribution is 2.35. The average Bonchev–Trinajstić information content (AvgIpc) is 2.83. The largest absolute Gasteiger partial charge is 0.466 e. The molecule has 0 unspecified atom stereocenters. The lowest BCUT2D eigenvalue weighted by molar-refractivity contribution is -0.143. The van der Waals surface area contributed by atoms with Gasteiger partial charge in [0, 0.05) is 6.42 Å². The fraction of sp³-hybridized carbons (Fsp3) is 0.500. The number of rotatable bonds is 5. The van der Waals surface area contributed by atoms with Crippen LogP contribution in [0.2, 0.25) is 0 Å². The fourth-order valence-electron chi connectivity index (χ4n) is 1.95. The predicted molar refractivity (Wildman–Crippen MR) is 66.8 cm³/mol. The molecule has 0 spiro atoms. The summed E-state index contributed by atoms with van der Waals surface area (Å²) in [7, 11) is 0. The Balaban J connectivity index is 1.92. The Kier molecular flexibility index (Phi) is 4.07. The molecule has 0 radical (unpaired) electrons. The molecule has 0 bridgehead atoms. The van der Waals surface area contributed by atoms with E-state index in [1.165, 1.54) is 0 Å². The minimum atomic E-state index is -0.134. The molecular formula is C14H18O4. The van der Waals surface area contributed by atoms with Crippen LogP contribution in [0.25, 0.3) is 0 Å². The quantitative estimate of drug-likeness (QED) is 0.754. The topological polar surface area (TPSA) is 44.8 Å². The average molecular weight is 250 g/mol. The molecule has 1 atom stereocenters. The summed E-state index contributed by atoms with van der Waals surface area (Å²) in [6, 6.07) is 5.92. The van der Waals surface area contributed by atoms with Crippen LogP contribution in [0.1, 0.15) is 38.2 Å². The molecule has 0 saturated carbocycles. The summed E-state index contributed by atoms with van der Waals surface area (Å²) in [5.74, 6) is 1.74. The molecule has 0 aliphatic carbocycles. The summed E-state index contributed by atoms with van der Waals surface area (Å²) in [6.45, 7) is 4.64. The first kappa shape index (κ1) is 12.7. The molecule has 0 amide bonds. The Morgan fingerprint density at radius 2 is 2.17 bits per heavy atom. The van der Waals surface area contributed by atoms with Crippen molar-refractivity contribution in [2.24, 2.45) is 0 Å². The van der Waals surface area contributed by atoms with E-state index in [1.807, 2.05) is 25.1 Å². The number of carbonyl (C=O) groups excluding carboxylic acids is 1. The number of benzene rings is 1. The van der Waals surface area contributed by atoms with E-state index >= 15 is 0 Å². The lowest BCUT2D eigenvalue weighted by atomic mass is 9.96. The van der Waals surface area contributed by atoms with Crippen LogP contribution in [0.3, 0.4) is 0 Å². The predicted octanol–water partition coefficient (Wildman–Crippen LogP) is 2.86. The third-order valence-corrected chi connectivity index (χ3v) is 3.05. The summed E-state index contributed by atoms with van der Waals surface area (Å²) in [6.07, 6.45) is 1.22. The fourth-order valence-corrected chi connectivity index (χ4v) is 1.95. The third-order valence-electron chi connectivity index (χ3n) is 3.05. The van der Waals surface area contributed by atoms with E-state index in [2.05, 4.69) is 6.92 Å². The van der Waals surface area contributed by atoms with Crippen molar-refractivity contribution >= 4 is 5.97 Å². The van der Waals surface area contributed by atoms with Crippen LogP contribution in [-0.4, -0.2) is 19.4 Å². The number of ether oxygens (including phenoxy) is 3. The first-order valence-corrected chi connectivity index (χ1v) is 6.26. The van der Waals surface area contributed by atoms with Crippen molar-refractivity contribution in [2.45, 2.75) is 32.6 Å². The SMILES string of the molecule is CCOC(=O)CC[C@H](C)c1ccc2c(c1)OCO2. The summed E-state index contributed by atoms with van der Waals surface area (Å²) in [5, 5.41) is 0. The number of carbonyl (C=O) groups is 1. The van der Waals surface area contributed by atoms with E-state index in [-0.39, 0.29) is 12.8 Å². The van der Waals surface area contributed by atoms with Gasteiger partial charge in [-0.05, 0) is 37.0 Å². The summed E-state index contributed by atoms with van der Waals surface area (Å²) < 4.78 is 15.5. The zero-order valence-electron chi connectivity index (χ0n) is 10.8. The molecule has 18 heavy (non-hydrogen) atoms. The molecule has 1 aliphatic rings. The molecule has 1 aromatic carbocycles. The van der Waals surface area contributed by atoms with E-state index < -0.39 is 0 Å². The Morgan fingerprint density at radius 3 is 2.94 bits per heavy atom. The Bertz CT molecular complexity index is 428. The Hall–Kier alpha value is -1.71. The van der Waals surface area contributed by atoms with Crippen LogP contribution in [-0.2, 0) is 9.53 Å². The first-order valence-electron chi connectivity index (χ1n) is 6.26. The molecule has 4 heteroatoms. The van der Waals surface area contributed by atoms with Crippen molar-refractivity contribution in [3.05, 3.63) is 23.8 Å². The zero-order chi connectivity index (χ0) is 13.0. The van der Waals surface area contributed by atoms with Gasteiger partial charge in [-0.1, -0.05) is 13.0 Å². The molecule has 2 rings (SSSR count). The van der Waals surface area contributed by atoms with Crippen molar-refractivity contribution in [1.82, 2.24) is 0 Å². The van der Waals surface area contributed by atoms with Gasteiger partial charge in [-0.25, -0.2) is 0 Å². The summed E-state index contributed by atoms with van der Waals surface area (Å²) in [4.78, 5) is 11.3. The van der Waals surface area contributed by atoms with Crippen LogP contribution in [0.5, 0.6) is 11.5 Å². The van der Waals surface area contributed by atoms with E-state index in [0.29, 0.717) is 18.9 Å². The molecule has 4 nitrogen and oxygen atoms in total. The van der Waals surface area contributed by atoms with Crippen molar-refractivity contribution in [1.29, 1.82) is 0 Å². The van der Waals surface area contributed by atoms with Gasteiger partial charge in [-0.3, -0.25) is 4.79 Å². The number of hydrogen-bond donors (Lipinski definition) is 0. The Labute approximate surface area is 107 Å². The minimum absolute atomic E-state index is 0.134. The number of esters is 1. The molecule has 0 N–H and O–H groups in total. The molecule has 0 saturated heterocycles. The normalized spacial score (nSPS) is 14.3. The van der Waals surface area contributed by atoms with Gasteiger partial charge in [0.1, 0.15) is 0 Å². The van der Waals surface area contributed by atoms with Gasteiger partial charge < -0.3 is 14.2 Å². The van der Waals surface area contributed by atoms with Gasteiger partial charge >= 0.3 is 5.97 Å². The van der Waals surface area contributed by atoms with Gasteiger partial charge in [0.25, 0.3) is 0 Å². The molecule has 1 aromatic rings. The van der Waals surface area contributed by atoms with Gasteiger partial charge in [0.05, 0.1) is 6.61 Å². The highest BCUT2D eigenvalue weighted by molar-refractivity contribution is 5.69. The van der Waals surface area contributed by atoms with Crippen molar-refractivity contribution < 1.29 is 19.0 Å². The highest BCUT2D eigenvalue weighted by Gasteiger charge is 2.16. The van der Waals surface area contributed by atoms with E-state index in [1.54, 1.807) is 0 Å². The van der Waals surface area contributed by atoms with Crippen LogP contribution >= 0.6 is 0 Å². The zero-order valence-corrected chi connectivity index (χ0v) is 10.8. The van der Waals surface area contributed by atoms with Crippen molar-refractivity contribution in [2.75, 3.05) is 13.4 Å². The van der Waals surface area contributed by atoms with Gasteiger partial charge in [0.2, 0.25) is 6.79 Å². The maximum Gasteiger partial charge on any atom is 0.305 e. The van der Waals surface area contributed by atoms with Crippen LogP contribution in [0.4, 0.5) is 0 Å². The van der Waals surface area contributed by atoms with Crippen molar-refractivity contribution in [3.8, 4) is 11.5 Å². The van der Waals surface area contributed by atoms with Gasteiger partial charge in [-0.2, -0.15) is 0 Å². The van der Waals surface area contributed by atoms with Crippen LogP contribution < -0.4 is 9.47 Å². The molecule has 0 aromatic heterocycles. The summed E-state index contributed by atoms with van der Waals surface area (Å²) >= 11 is 0.